The fourth-order valence-corrected chi connectivity index (χ4v) is 2.74. The highest BCUT2D eigenvalue weighted by atomic mass is 19.1. The van der Waals surface area contributed by atoms with Crippen molar-refractivity contribution >= 4 is 5.91 Å². The van der Waals surface area contributed by atoms with Gasteiger partial charge in [-0.2, -0.15) is 0 Å². The SMILES string of the molecule is CC1CCN(CC(=O)N(C)C(C)c2ccc(F)cc2)CC1O. The van der Waals surface area contributed by atoms with Crippen LogP contribution in [0.4, 0.5) is 4.39 Å². The molecule has 1 aliphatic rings. The normalized spacial score (nSPS) is 24.0. The Kier molecular flexibility index (Phi) is 5.53. The van der Waals surface area contributed by atoms with Gasteiger partial charge in [0, 0.05) is 13.6 Å². The largest absolute Gasteiger partial charge is 0.392 e. The highest BCUT2D eigenvalue weighted by Gasteiger charge is 2.27. The average Bonchev–Trinajstić information content (AvgIpc) is 2.50. The highest BCUT2D eigenvalue weighted by molar-refractivity contribution is 5.78. The second-order valence-corrected chi connectivity index (χ2v) is 6.30. The molecular formula is C17H25FN2O2. The van der Waals surface area contributed by atoms with E-state index in [2.05, 4.69) is 0 Å². The molecule has 122 valence electrons. The maximum absolute atomic E-state index is 13.0. The number of piperidine rings is 1. The number of carbonyl (C=O) groups is 1. The molecule has 1 heterocycles. The summed E-state index contributed by atoms with van der Waals surface area (Å²) in [4.78, 5) is 16.1. The number of likely N-dealkylation sites (tertiary alicyclic amines) is 1. The Morgan fingerprint density at radius 1 is 1.45 bits per heavy atom. The summed E-state index contributed by atoms with van der Waals surface area (Å²) in [5.74, 6) is 0.0298. The lowest BCUT2D eigenvalue weighted by molar-refractivity contribution is -0.134. The summed E-state index contributed by atoms with van der Waals surface area (Å²) in [6.07, 6.45) is 0.549. The zero-order valence-corrected chi connectivity index (χ0v) is 13.5. The number of aliphatic hydroxyl groups is 1. The van der Waals surface area contributed by atoms with Gasteiger partial charge >= 0.3 is 0 Å². The number of likely N-dealkylation sites (N-methyl/N-ethyl adjacent to an activating group) is 1. The van der Waals surface area contributed by atoms with Gasteiger partial charge < -0.3 is 10.0 Å². The van der Waals surface area contributed by atoms with Gasteiger partial charge in [0.25, 0.3) is 0 Å². The number of benzene rings is 1. The molecule has 0 bridgehead atoms. The molecule has 1 N–H and O–H groups in total. The zero-order valence-electron chi connectivity index (χ0n) is 13.5. The van der Waals surface area contributed by atoms with Crippen LogP contribution in [0.5, 0.6) is 0 Å². The summed E-state index contributed by atoms with van der Waals surface area (Å²) in [6, 6.07) is 6.12. The third-order valence-corrected chi connectivity index (χ3v) is 4.69. The minimum Gasteiger partial charge on any atom is -0.392 e. The summed E-state index contributed by atoms with van der Waals surface area (Å²) in [7, 11) is 1.76. The molecule has 0 aliphatic carbocycles. The maximum Gasteiger partial charge on any atom is 0.236 e. The van der Waals surface area contributed by atoms with E-state index in [-0.39, 0.29) is 23.9 Å². The lowest BCUT2D eigenvalue weighted by atomic mass is 9.96. The second-order valence-electron chi connectivity index (χ2n) is 6.30. The molecular weight excluding hydrogens is 283 g/mol. The number of rotatable bonds is 4. The molecule has 0 spiro atoms. The van der Waals surface area contributed by atoms with Gasteiger partial charge in [-0.15, -0.1) is 0 Å². The molecule has 1 aliphatic heterocycles. The number of hydrogen-bond donors (Lipinski definition) is 1. The molecule has 1 aromatic rings. The predicted molar refractivity (Wildman–Crippen MR) is 83.8 cm³/mol. The molecule has 0 radical (unpaired) electrons. The van der Waals surface area contributed by atoms with Crippen molar-refractivity contribution in [1.82, 2.24) is 9.80 Å². The van der Waals surface area contributed by atoms with Gasteiger partial charge in [-0.25, -0.2) is 4.39 Å². The van der Waals surface area contributed by atoms with Gasteiger partial charge in [0.1, 0.15) is 5.82 Å². The Hall–Kier alpha value is -1.46. The topological polar surface area (TPSA) is 43.8 Å². The second kappa shape index (κ2) is 7.20. The smallest absolute Gasteiger partial charge is 0.236 e. The van der Waals surface area contributed by atoms with Crippen LogP contribution < -0.4 is 0 Å². The Morgan fingerprint density at radius 2 is 2.09 bits per heavy atom. The number of β-amino-alcohol motifs (C(OH)–C–C–N with tert-alkyl or cyclic N) is 1. The van der Waals surface area contributed by atoms with E-state index in [1.807, 2.05) is 18.7 Å². The van der Waals surface area contributed by atoms with Gasteiger partial charge in [0.2, 0.25) is 5.91 Å². The van der Waals surface area contributed by atoms with E-state index >= 15 is 0 Å². The van der Waals surface area contributed by atoms with Crippen LogP contribution in [0.25, 0.3) is 0 Å². The fraction of sp³-hybridized carbons (Fsp3) is 0.588. The quantitative estimate of drug-likeness (QED) is 0.926. The van der Waals surface area contributed by atoms with Crippen molar-refractivity contribution in [2.75, 3.05) is 26.7 Å². The van der Waals surface area contributed by atoms with Gasteiger partial charge in [-0.1, -0.05) is 19.1 Å². The van der Waals surface area contributed by atoms with Gasteiger partial charge in [-0.3, -0.25) is 9.69 Å². The van der Waals surface area contributed by atoms with E-state index < -0.39 is 0 Å². The van der Waals surface area contributed by atoms with Crippen molar-refractivity contribution in [2.24, 2.45) is 5.92 Å². The van der Waals surface area contributed by atoms with Crippen LogP contribution >= 0.6 is 0 Å². The molecule has 1 fully saturated rings. The number of nitrogens with zero attached hydrogens (tertiary/aromatic N) is 2. The Morgan fingerprint density at radius 3 is 2.68 bits per heavy atom. The van der Waals surface area contributed by atoms with E-state index in [1.54, 1.807) is 24.1 Å². The molecule has 0 aromatic heterocycles. The minimum absolute atomic E-state index is 0.0126. The van der Waals surface area contributed by atoms with E-state index in [4.69, 9.17) is 0 Å². The standard InChI is InChI=1S/C17H25FN2O2/c1-12-8-9-20(10-16(12)21)11-17(22)19(3)13(2)14-4-6-15(18)7-5-14/h4-7,12-13,16,21H,8-11H2,1-3H3. The lowest BCUT2D eigenvalue weighted by Crippen LogP contribution is -2.47. The van der Waals surface area contributed by atoms with Crippen LogP contribution in [0, 0.1) is 11.7 Å². The first-order valence-corrected chi connectivity index (χ1v) is 7.80. The molecule has 0 saturated carbocycles. The predicted octanol–water partition coefficient (Wildman–Crippen LogP) is 2.05. The molecule has 1 amide bonds. The number of hydrogen-bond acceptors (Lipinski definition) is 3. The van der Waals surface area contributed by atoms with Crippen LogP contribution in [0.3, 0.4) is 0 Å². The lowest BCUT2D eigenvalue weighted by Gasteiger charge is -2.35. The zero-order chi connectivity index (χ0) is 16.3. The third-order valence-electron chi connectivity index (χ3n) is 4.69. The van der Waals surface area contributed by atoms with Crippen molar-refractivity contribution in [3.05, 3.63) is 35.6 Å². The van der Waals surface area contributed by atoms with Crippen LogP contribution in [-0.2, 0) is 4.79 Å². The summed E-state index contributed by atoms with van der Waals surface area (Å²) < 4.78 is 13.0. The molecule has 4 nitrogen and oxygen atoms in total. The van der Waals surface area contributed by atoms with Gasteiger partial charge in [0.15, 0.2) is 0 Å². The minimum atomic E-state index is -0.360. The Balaban J connectivity index is 1.92. The van der Waals surface area contributed by atoms with Crippen molar-refractivity contribution in [1.29, 1.82) is 0 Å². The first-order valence-electron chi connectivity index (χ1n) is 7.80. The van der Waals surface area contributed by atoms with E-state index in [9.17, 15) is 14.3 Å². The summed E-state index contributed by atoms with van der Waals surface area (Å²) in [5.41, 5.74) is 0.907. The first-order chi connectivity index (χ1) is 10.4. The number of carbonyl (C=O) groups excluding carboxylic acids is 1. The van der Waals surface area contributed by atoms with Crippen LogP contribution in [0.15, 0.2) is 24.3 Å². The van der Waals surface area contributed by atoms with Crippen molar-refractivity contribution in [3.63, 3.8) is 0 Å². The average molecular weight is 308 g/mol. The maximum atomic E-state index is 13.0. The molecule has 3 unspecified atom stereocenters. The number of amides is 1. The van der Waals surface area contributed by atoms with E-state index in [0.717, 1.165) is 18.5 Å². The van der Waals surface area contributed by atoms with Crippen LogP contribution in [0.1, 0.15) is 31.9 Å². The summed E-state index contributed by atoms with van der Waals surface area (Å²) in [6.45, 7) is 5.66. The monoisotopic (exact) mass is 308 g/mol. The van der Waals surface area contributed by atoms with Crippen LogP contribution in [-0.4, -0.2) is 53.6 Å². The van der Waals surface area contributed by atoms with Gasteiger partial charge in [-0.05, 0) is 43.5 Å². The Labute approximate surface area is 131 Å². The number of halogens is 1. The molecule has 1 saturated heterocycles. The molecule has 22 heavy (non-hydrogen) atoms. The summed E-state index contributed by atoms with van der Waals surface area (Å²) in [5, 5.41) is 9.91. The Bertz CT molecular complexity index is 506. The molecule has 3 atom stereocenters. The summed E-state index contributed by atoms with van der Waals surface area (Å²) >= 11 is 0. The van der Waals surface area contributed by atoms with Crippen molar-refractivity contribution in [3.8, 4) is 0 Å². The molecule has 2 rings (SSSR count). The van der Waals surface area contributed by atoms with Gasteiger partial charge in [0.05, 0.1) is 18.7 Å². The van der Waals surface area contributed by atoms with Crippen molar-refractivity contribution in [2.45, 2.75) is 32.4 Å². The first kappa shape index (κ1) is 16.9. The highest BCUT2D eigenvalue weighted by Crippen LogP contribution is 2.21. The van der Waals surface area contributed by atoms with Crippen LogP contribution in [0.2, 0.25) is 0 Å². The van der Waals surface area contributed by atoms with E-state index in [0.29, 0.717) is 19.0 Å². The van der Waals surface area contributed by atoms with Crippen molar-refractivity contribution < 1.29 is 14.3 Å². The molecule has 5 heteroatoms. The fourth-order valence-electron chi connectivity index (χ4n) is 2.74. The molecule has 1 aromatic carbocycles. The number of aliphatic hydroxyl groups excluding tert-OH is 1. The van der Waals surface area contributed by atoms with E-state index in [1.165, 1.54) is 12.1 Å². The third kappa shape index (κ3) is 4.05.